The molecule has 272 valence electrons. The number of allylic oxidation sites excluding steroid dienone is 2. The number of carboxylic acids is 1. The van der Waals surface area contributed by atoms with Gasteiger partial charge in [0.05, 0.1) is 6.42 Å². The Hall–Kier alpha value is -1.32. The Kier molecular flexibility index (Phi) is 37.0. The van der Waals surface area contributed by atoms with Gasteiger partial charge in [0, 0.05) is 6.42 Å². The van der Waals surface area contributed by atoms with Crippen molar-refractivity contribution in [3.05, 3.63) is 12.2 Å². The number of ether oxygens (including phenoxy) is 1. The maximum atomic E-state index is 12.3. The second-order valence-corrected chi connectivity index (χ2v) is 14.2. The number of aliphatic carboxylic acids is 1. The van der Waals surface area contributed by atoms with Crippen LogP contribution in [0.25, 0.3) is 0 Å². The van der Waals surface area contributed by atoms with E-state index in [1.165, 1.54) is 167 Å². The first-order chi connectivity index (χ1) is 22.6. The summed E-state index contributed by atoms with van der Waals surface area (Å²) in [4.78, 5) is 23.6. The molecule has 0 aromatic carbocycles. The van der Waals surface area contributed by atoms with Gasteiger partial charge in [0.2, 0.25) is 0 Å². The molecule has 0 aromatic heterocycles. The summed E-state index contributed by atoms with van der Waals surface area (Å²) in [7, 11) is 0. The van der Waals surface area contributed by atoms with E-state index in [0.29, 0.717) is 12.8 Å². The molecule has 4 heteroatoms. The lowest BCUT2D eigenvalue weighted by Crippen LogP contribution is -2.21. The molecule has 0 aliphatic carbocycles. The Morgan fingerprint density at radius 2 is 0.804 bits per heavy atom. The van der Waals surface area contributed by atoms with Gasteiger partial charge in [0.1, 0.15) is 6.10 Å². The van der Waals surface area contributed by atoms with E-state index in [1.807, 2.05) is 0 Å². The number of carboxylic acid groups (broad SMARTS) is 1. The zero-order valence-corrected chi connectivity index (χ0v) is 31.2. The summed E-state index contributed by atoms with van der Waals surface area (Å²) < 4.78 is 5.59. The Morgan fingerprint density at radius 3 is 1.17 bits per heavy atom. The fraction of sp³-hybridized carbons (Fsp3) is 0.905. The standard InChI is InChI=1S/C42H80O4/c1-3-5-7-9-11-13-15-17-19-20-21-22-24-25-27-29-31-33-35-37-40(39-41(43)44)46-42(45)38-36-34-32-30-28-26-23-18-16-14-12-10-8-6-4-2/h18,23,40H,3-17,19-22,24-39H2,1-2H3,(H,43,44)/b23-18-. The smallest absolute Gasteiger partial charge is 0.307 e. The van der Waals surface area contributed by atoms with Crippen molar-refractivity contribution in [3.63, 3.8) is 0 Å². The van der Waals surface area contributed by atoms with Crippen LogP contribution in [0.15, 0.2) is 12.2 Å². The number of carbonyl (C=O) groups excluding carboxylic acids is 1. The highest BCUT2D eigenvalue weighted by atomic mass is 16.5. The van der Waals surface area contributed by atoms with E-state index in [0.717, 1.165) is 38.5 Å². The third kappa shape index (κ3) is 37.1. The molecule has 1 N–H and O–H groups in total. The maximum Gasteiger partial charge on any atom is 0.307 e. The Bertz CT molecular complexity index is 658. The monoisotopic (exact) mass is 649 g/mol. The molecule has 0 aliphatic heterocycles. The quantitative estimate of drug-likeness (QED) is 0.0411. The van der Waals surface area contributed by atoms with Crippen molar-refractivity contribution in [1.82, 2.24) is 0 Å². The molecule has 0 radical (unpaired) electrons. The molecule has 0 saturated heterocycles. The van der Waals surface area contributed by atoms with Gasteiger partial charge in [0.15, 0.2) is 0 Å². The van der Waals surface area contributed by atoms with Crippen LogP contribution in [0.4, 0.5) is 0 Å². The maximum absolute atomic E-state index is 12.3. The van der Waals surface area contributed by atoms with E-state index in [2.05, 4.69) is 26.0 Å². The minimum atomic E-state index is -0.878. The van der Waals surface area contributed by atoms with E-state index < -0.39 is 12.1 Å². The Morgan fingerprint density at radius 1 is 0.478 bits per heavy atom. The van der Waals surface area contributed by atoms with Crippen LogP contribution >= 0.6 is 0 Å². The largest absolute Gasteiger partial charge is 0.481 e. The highest BCUT2D eigenvalue weighted by Gasteiger charge is 2.17. The summed E-state index contributed by atoms with van der Waals surface area (Å²) in [5.41, 5.74) is 0. The molecule has 0 aliphatic rings. The number of esters is 1. The minimum absolute atomic E-state index is 0.0723. The van der Waals surface area contributed by atoms with Crippen molar-refractivity contribution in [2.75, 3.05) is 0 Å². The lowest BCUT2D eigenvalue weighted by Gasteiger charge is -2.16. The van der Waals surface area contributed by atoms with Gasteiger partial charge in [-0.25, -0.2) is 0 Å². The summed E-state index contributed by atoms with van der Waals surface area (Å²) in [6.45, 7) is 4.55. The molecule has 0 spiro atoms. The second-order valence-electron chi connectivity index (χ2n) is 14.2. The molecule has 0 amide bonds. The van der Waals surface area contributed by atoms with Crippen LogP contribution in [0.3, 0.4) is 0 Å². The fourth-order valence-electron chi connectivity index (χ4n) is 6.43. The summed E-state index contributed by atoms with van der Waals surface area (Å²) in [5, 5.41) is 9.28. The molecule has 4 nitrogen and oxygen atoms in total. The van der Waals surface area contributed by atoms with Gasteiger partial charge in [-0.3, -0.25) is 9.59 Å². The number of unbranched alkanes of at least 4 members (excludes halogenated alkanes) is 29. The predicted octanol–water partition coefficient (Wildman–Crippen LogP) is 14.2. The molecule has 0 bridgehead atoms. The molecule has 0 fully saturated rings. The summed E-state index contributed by atoms with van der Waals surface area (Å²) in [5.74, 6) is -1.10. The highest BCUT2D eigenvalue weighted by molar-refractivity contribution is 5.71. The zero-order valence-electron chi connectivity index (χ0n) is 31.2. The van der Waals surface area contributed by atoms with Gasteiger partial charge in [-0.2, -0.15) is 0 Å². The third-order valence-electron chi connectivity index (χ3n) is 9.47. The highest BCUT2D eigenvalue weighted by Crippen LogP contribution is 2.17. The van der Waals surface area contributed by atoms with E-state index in [9.17, 15) is 14.7 Å². The van der Waals surface area contributed by atoms with Gasteiger partial charge in [-0.05, 0) is 44.9 Å². The Balaban J connectivity index is 3.60. The average molecular weight is 649 g/mol. The molecule has 0 heterocycles. The van der Waals surface area contributed by atoms with E-state index in [1.54, 1.807) is 0 Å². The van der Waals surface area contributed by atoms with E-state index in [4.69, 9.17) is 4.74 Å². The van der Waals surface area contributed by atoms with Gasteiger partial charge in [-0.15, -0.1) is 0 Å². The predicted molar refractivity (Wildman–Crippen MR) is 200 cm³/mol. The zero-order chi connectivity index (χ0) is 33.6. The minimum Gasteiger partial charge on any atom is -0.481 e. The van der Waals surface area contributed by atoms with Crippen LogP contribution < -0.4 is 0 Å². The first kappa shape index (κ1) is 44.7. The van der Waals surface area contributed by atoms with Crippen LogP contribution in [0.5, 0.6) is 0 Å². The molecule has 0 aromatic rings. The molecule has 1 atom stereocenters. The topological polar surface area (TPSA) is 63.6 Å². The van der Waals surface area contributed by atoms with Crippen molar-refractivity contribution >= 4 is 11.9 Å². The first-order valence-electron chi connectivity index (χ1n) is 20.7. The van der Waals surface area contributed by atoms with Crippen LogP contribution in [0.1, 0.15) is 239 Å². The van der Waals surface area contributed by atoms with Crippen LogP contribution in [0, 0.1) is 0 Å². The van der Waals surface area contributed by atoms with Gasteiger partial charge in [0.25, 0.3) is 0 Å². The molecular weight excluding hydrogens is 568 g/mol. The number of hydrogen-bond acceptors (Lipinski definition) is 3. The number of rotatable bonds is 38. The summed E-state index contributed by atoms with van der Waals surface area (Å²) in [6, 6.07) is 0. The summed E-state index contributed by atoms with van der Waals surface area (Å²) in [6.07, 6.45) is 46.7. The normalized spacial score (nSPS) is 12.2. The first-order valence-corrected chi connectivity index (χ1v) is 20.7. The van der Waals surface area contributed by atoms with Crippen molar-refractivity contribution in [2.45, 2.75) is 245 Å². The molecule has 1 unspecified atom stereocenters. The van der Waals surface area contributed by atoms with Gasteiger partial charge < -0.3 is 9.84 Å². The molecule has 46 heavy (non-hydrogen) atoms. The Labute approximate surface area is 287 Å². The van der Waals surface area contributed by atoms with Crippen LogP contribution in [0.2, 0.25) is 0 Å². The third-order valence-corrected chi connectivity index (χ3v) is 9.47. The van der Waals surface area contributed by atoms with E-state index >= 15 is 0 Å². The van der Waals surface area contributed by atoms with Crippen molar-refractivity contribution in [3.8, 4) is 0 Å². The summed E-state index contributed by atoms with van der Waals surface area (Å²) >= 11 is 0. The van der Waals surface area contributed by atoms with Crippen molar-refractivity contribution in [2.24, 2.45) is 0 Å². The lowest BCUT2D eigenvalue weighted by molar-refractivity contribution is -0.153. The number of carbonyl (C=O) groups is 2. The van der Waals surface area contributed by atoms with Crippen molar-refractivity contribution < 1.29 is 19.4 Å². The second kappa shape index (κ2) is 38.1. The SMILES string of the molecule is CCCCCCCC/C=C\CCCCCCCC(=O)OC(CCCCCCCCCCCCCCCCCCCCC)CC(=O)O. The average Bonchev–Trinajstić information content (AvgIpc) is 3.03. The van der Waals surface area contributed by atoms with Crippen LogP contribution in [-0.2, 0) is 14.3 Å². The van der Waals surface area contributed by atoms with E-state index in [-0.39, 0.29) is 12.4 Å². The number of hydrogen-bond donors (Lipinski definition) is 1. The van der Waals surface area contributed by atoms with Gasteiger partial charge >= 0.3 is 11.9 Å². The van der Waals surface area contributed by atoms with Crippen LogP contribution in [-0.4, -0.2) is 23.1 Å². The fourth-order valence-corrected chi connectivity index (χ4v) is 6.43. The molecular formula is C42H80O4. The van der Waals surface area contributed by atoms with Gasteiger partial charge in [-0.1, -0.05) is 193 Å². The molecule has 0 saturated carbocycles. The molecule has 0 rings (SSSR count). The van der Waals surface area contributed by atoms with Crippen molar-refractivity contribution in [1.29, 1.82) is 0 Å². The lowest BCUT2D eigenvalue weighted by atomic mass is 10.0.